The van der Waals surface area contributed by atoms with Gasteiger partial charge in [0.15, 0.2) is 5.52 Å². The molecule has 8 heteroatoms. The highest BCUT2D eigenvalue weighted by atomic mass is 32.2. The second-order valence-electron chi connectivity index (χ2n) is 6.34. The summed E-state index contributed by atoms with van der Waals surface area (Å²) in [6.45, 7) is 6.51. The van der Waals surface area contributed by atoms with Gasteiger partial charge in [0.2, 0.25) is 10.0 Å². The molecule has 0 radical (unpaired) electrons. The highest BCUT2D eigenvalue weighted by molar-refractivity contribution is 7.89. The number of aryl methyl sites for hydroxylation is 2. The highest BCUT2D eigenvalue weighted by Gasteiger charge is 2.39. The largest absolute Gasteiger partial charge is 0.326 e. The lowest BCUT2D eigenvalue weighted by atomic mass is 9.99. The van der Waals surface area contributed by atoms with Crippen LogP contribution in [0.4, 0.5) is 0 Å². The van der Waals surface area contributed by atoms with Crippen LogP contribution in [0.15, 0.2) is 15.6 Å². The Labute approximate surface area is 135 Å². The van der Waals surface area contributed by atoms with Crippen molar-refractivity contribution < 1.29 is 13.0 Å². The van der Waals surface area contributed by atoms with Gasteiger partial charge in [-0.05, 0) is 47.6 Å². The van der Waals surface area contributed by atoms with E-state index in [9.17, 15) is 8.42 Å². The Kier molecular flexibility index (Phi) is 4.16. The van der Waals surface area contributed by atoms with Crippen LogP contribution < -0.4 is 5.73 Å². The minimum absolute atomic E-state index is 0.124. The maximum absolute atomic E-state index is 13.1. The Morgan fingerprint density at radius 2 is 1.96 bits per heavy atom. The van der Waals surface area contributed by atoms with E-state index >= 15 is 0 Å². The summed E-state index contributed by atoms with van der Waals surface area (Å²) < 4.78 is 32.5. The molecule has 2 N–H and O–H groups in total. The first kappa shape index (κ1) is 16.4. The molecule has 1 aromatic heterocycles. The van der Waals surface area contributed by atoms with Crippen molar-refractivity contribution in [2.75, 3.05) is 13.1 Å². The zero-order chi connectivity index (χ0) is 16.8. The smallest absolute Gasteiger partial charge is 0.245 e. The van der Waals surface area contributed by atoms with E-state index in [4.69, 9.17) is 10.4 Å². The van der Waals surface area contributed by atoms with Gasteiger partial charge in [0.05, 0.1) is 0 Å². The van der Waals surface area contributed by atoms with E-state index in [0.29, 0.717) is 29.7 Å². The molecule has 0 unspecified atom stereocenters. The number of nitrogens with two attached hydrogens (primary N) is 1. The van der Waals surface area contributed by atoms with Gasteiger partial charge in [-0.25, -0.2) is 13.0 Å². The topological polar surface area (TPSA) is 102 Å². The number of benzene rings is 1. The van der Waals surface area contributed by atoms with Gasteiger partial charge in [-0.15, -0.1) is 0 Å². The monoisotopic (exact) mass is 338 g/mol. The van der Waals surface area contributed by atoms with Crippen molar-refractivity contribution >= 4 is 21.1 Å². The molecule has 7 nitrogen and oxygen atoms in total. The minimum atomic E-state index is -3.68. The van der Waals surface area contributed by atoms with Crippen LogP contribution in [-0.2, 0) is 10.0 Å². The fourth-order valence-corrected chi connectivity index (χ4v) is 5.28. The number of hydrogen-bond donors (Lipinski definition) is 1. The first-order chi connectivity index (χ1) is 10.9. The summed E-state index contributed by atoms with van der Waals surface area (Å²) >= 11 is 0. The number of rotatable bonds is 4. The van der Waals surface area contributed by atoms with Crippen molar-refractivity contribution in [2.24, 2.45) is 11.7 Å². The first-order valence-corrected chi connectivity index (χ1v) is 9.28. The predicted octanol–water partition coefficient (Wildman–Crippen LogP) is 1.59. The van der Waals surface area contributed by atoms with Crippen molar-refractivity contribution in [3.8, 4) is 0 Å². The van der Waals surface area contributed by atoms with E-state index < -0.39 is 10.0 Å². The van der Waals surface area contributed by atoms with Gasteiger partial charge >= 0.3 is 0 Å². The van der Waals surface area contributed by atoms with Crippen molar-refractivity contribution in [3.63, 3.8) is 0 Å². The van der Waals surface area contributed by atoms with Gasteiger partial charge in [-0.2, -0.15) is 4.31 Å². The molecule has 0 spiro atoms. The summed E-state index contributed by atoms with van der Waals surface area (Å²) in [5, 5.41) is 7.65. The Morgan fingerprint density at radius 1 is 1.26 bits per heavy atom. The second-order valence-corrected chi connectivity index (χ2v) is 8.21. The fourth-order valence-electron chi connectivity index (χ4n) is 3.42. The van der Waals surface area contributed by atoms with Crippen LogP contribution in [0.2, 0.25) is 0 Å². The summed E-state index contributed by atoms with van der Waals surface area (Å²) in [4.78, 5) is 0.184. The second kappa shape index (κ2) is 5.85. The molecule has 1 aliphatic rings. The van der Waals surface area contributed by atoms with Crippen molar-refractivity contribution in [1.82, 2.24) is 14.6 Å². The predicted molar refractivity (Wildman–Crippen MR) is 86.4 cm³/mol. The lowest BCUT2D eigenvalue weighted by molar-refractivity contribution is 0.315. The van der Waals surface area contributed by atoms with Gasteiger partial charge in [0.25, 0.3) is 0 Å². The molecule has 0 amide bonds. The number of fused-ring (bicyclic) bond motifs is 1. The van der Waals surface area contributed by atoms with Crippen LogP contribution in [-0.4, -0.2) is 42.2 Å². The van der Waals surface area contributed by atoms with Crippen LogP contribution in [0.5, 0.6) is 0 Å². The Balaban J connectivity index is 2.06. The van der Waals surface area contributed by atoms with E-state index in [1.54, 1.807) is 13.0 Å². The molecule has 2 atom stereocenters. The van der Waals surface area contributed by atoms with Gasteiger partial charge < -0.3 is 5.73 Å². The third-order valence-electron chi connectivity index (χ3n) is 4.58. The van der Waals surface area contributed by atoms with Gasteiger partial charge in [-0.3, -0.25) is 0 Å². The van der Waals surface area contributed by atoms with E-state index in [0.717, 1.165) is 18.4 Å². The Bertz CT molecular complexity index is 831. The highest BCUT2D eigenvalue weighted by Crippen LogP contribution is 2.32. The normalized spacial score (nSPS) is 23.0. The lowest BCUT2D eigenvalue weighted by Crippen LogP contribution is -2.32. The quantitative estimate of drug-likeness (QED) is 0.908. The van der Waals surface area contributed by atoms with Crippen LogP contribution >= 0.6 is 0 Å². The fraction of sp³-hybridized carbons (Fsp3) is 0.600. The van der Waals surface area contributed by atoms with E-state index in [1.165, 1.54) is 4.31 Å². The maximum Gasteiger partial charge on any atom is 0.245 e. The summed E-state index contributed by atoms with van der Waals surface area (Å²) in [6, 6.07) is 1.68. The Morgan fingerprint density at radius 3 is 2.65 bits per heavy atom. The molecule has 1 aromatic carbocycles. The van der Waals surface area contributed by atoms with Crippen LogP contribution in [0.25, 0.3) is 11.0 Å². The van der Waals surface area contributed by atoms with Crippen molar-refractivity contribution in [1.29, 1.82) is 0 Å². The Hall–Kier alpha value is -1.51. The molecule has 23 heavy (non-hydrogen) atoms. The third-order valence-corrected chi connectivity index (χ3v) is 6.59. The summed E-state index contributed by atoms with van der Waals surface area (Å²) in [5.74, 6) is 0.200. The molecule has 0 aliphatic carbocycles. The molecule has 1 fully saturated rings. The minimum Gasteiger partial charge on any atom is -0.326 e. The molecule has 0 bridgehead atoms. The standard InChI is InChI=1S/C15H22N4O3S/c1-4-5-11-7-19(8-12(11)16)23(20,21)15-10(3)6-9(2)13-14(15)18-22-17-13/h6,11-12H,4-5,7-8,16H2,1-3H3/t11-,12-/m1/s1. The lowest BCUT2D eigenvalue weighted by Gasteiger charge is -2.18. The molecule has 0 saturated carbocycles. The van der Waals surface area contributed by atoms with Crippen LogP contribution in [0, 0.1) is 19.8 Å². The average molecular weight is 338 g/mol. The van der Waals surface area contributed by atoms with Crippen LogP contribution in [0.3, 0.4) is 0 Å². The SMILES string of the molecule is CCC[C@@H]1CN(S(=O)(=O)c2c(C)cc(C)c3nonc23)C[C@H]1N. The van der Waals surface area contributed by atoms with E-state index in [1.807, 2.05) is 6.92 Å². The van der Waals surface area contributed by atoms with Gasteiger partial charge in [-0.1, -0.05) is 19.4 Å². The third kappa shape index (κ3) is 2.64. The average Bonchev–Trinajstić information content (AvgIpc) is 3.07. The zero-order valence-electron chi connectivity index (χ0n) is 13.6. The summed E-state index contributed by atoms with van der Waals surface area (Å²) in [7, 11) is -3.68. The molecular formula is C15H22N4O3S. The molecule has 1 saturated heterocycles. The molecule has 1 aliphatic heterocycles. The summed E-state index contributed by atoms with van der Waals surface area (Å²) in [6.07, 6.45) is 1.92. The molecule has 2 aromatic rings. The maximum atomic E-state index is 13.1. The molecule has 126 valence electrons. The summed E-state index contributed by atoms with van der Waals surface area (Å²) in [5.41, 5.74) is 8.42. The van der Waals surface area contributed by atoms with Gasteiger partial charge in [0, 0.05) is 19.1 Å². The molecular weight excluding hydrogens is 316 g/mol. The van der Waals surface area contributed by atoms with E-state index in [2.05, 4.69) is 17.2 Å². The van der Waals surface area contributed by atoms with Gasteiger partial charge in [0.1, 0.15) is 10.4 Å². The van der Waals surface area contributed by atoms with Crippen molar-refractivity contribution in [2.45, 2.75) is 44.6 Å². The number of aromatic nitrogens is 2. The molecule has 2 heterocycles. The number of sulfonamides is 1. The first-order valence-electron chi connectivity index (χ1n) is 7.84. The zero-order valence-corrected chi connectivity index (χ0v) is 14.4. The molecule has 3 rings (SSSR count). The van der Waals surface area contributed by atoms with Crippen molar-refractivity contribution in [3.05, 3.63) is 17.2 Å². The van der Waals surface area contributed by atoms with Crippen LogP contribution in [0.1, 0.15) is 30.9 Å². The van der Waals surface area contributed by atoms with E-state index in [-0.39, 0.29) is 16.9 Å². The number of nitrogens with zero attached hydrogens (tertiary/aromatic N) is 3. The number of hydrogen-bond acceptors (Lipinski definition) is 6.